The van der Waals surface area contributed by atoms with Crippen molar-refractivity contribution in [3.63, 3.8) is 0 Å². The van der Waals surface area contributed by atoms with Crippen molar-refractivity contribution < 1.29 is 25.3 Å². The molecule has 0 saturated carbocycles. The quantitative estimate of drug-likeness (QED) is 0.212. The molecule has 0 aliphatic rings. The zero-order valence-corrected chi connectivity index (χ0v) is 24.1. The molecule has 3 rings (SSSR count). The summed E-state index contributed by atoms with van der Waals surface area (Å²) in [6.45, 7) is 0. The molecule has 3 aromatic carbocycles. The van der Waals surface area contributed by atoms with E-state index < -0.39 is 29.5 Å². The first-order chi connectivity index (χ1) is 18.7. The van der Waals surface area contributed by atoms with Gasteiger partial charge in [-0.25, -0.2) is 36.1 Å². The van der Waals surface area contributed by atoms with E-state index in [1.54, 1.807) is 36.4 Å². The number of hydrazone groups is 2. The highest BCUT2D eigenvalue weighted by Gasteiger charge is 2.07. The summed E-state index contributed by atoms with van der Waals surface area (Å²) in [5.74, 6) is 0.0111. The molecule has 210 valence electrons. The van der Waals surface area contributed by atoms with Crippen molar-refractivity contribution in [2.75, 3.05) is 18.8 Å². The lowest BCUT2D eigenvalue weighted by molar-refractivity contribution is 0.600. The van der Waals surface area contributed by atoms with Gasteiger partial charge in [0.05, 0.1) is 33.3 Å². The van der Waals surface area contributed by atoms with Crippen LogP contribution in [0.1, 0.15) is 16.7 Å². The standard InChI is InChI=1S/C25H26N6O6S3/c1-38(32,33)22-10-4-19(5-11-22)16-26-29-25(30-27-17-20-6-12-23(13-7-20)39(2,34)35)31-28-18-21-8-14-24(15-9-21)40(3,36)37/h4-18H,1-3H3,(H2,29,30,31). The molecule has 0 saturated heterocycles. The van der Waals surface area contributed by atoms with Crippen LogP contribution in [0.4, 0.5) is 0 Å². The van der Waals surface area contributed by atoms with Gasteiger partial charge in [-0.15, -0.1) is 5.10 Å². The molecular weight excluding hydrogens is 577 g/mol. The van der Waals surface area contributed by atoms with E-state index in [0.717, 1.165) is 18.8 Å². The summed E-state index contributed by atoms with van der Waals surface area (Å²) in [7, 11) is -9.96. The molecule has 3 aromatic rings. The molecular formula is C25H26N6O6S3. The van der Waals surface area contributed by atoms with Gasteiger partial charge in [0.25, 0.3) is 5.96 Å². The second-order valence-electron chi connectivity index (χ2n) is 8.46. The first-order valence-electron chi connectivity index (χ1n) is 11.3. The molecule has 0 atom stereocenters. The minimum Gasteiger partial charge on any atom is -0.244 e. The molecule has 12 nitrogen and oxygen atoms in total. The number of sulfone groups is 3. The Labute approximate surface area is 233 Å². The highest BCUT2D eigenvalue weighted by molar-refractivity contribution is 7.91. The Morgan fingerprint density at radius 1 is 0.525 bits per heavy atom. The Hall–Kier alpha value is -4.21. The predicted octanol–water partition coefficient (Wildman–Crippen LogP) is 1.83. The Balaban J connectivity index is 1.76. The van der Waals surface area contributed by atoms with Gasteiger partial charge in [0, 0.05) is 18.8 Å². The number of hydrogen-bond donors (Lipinski definition) is 2. The van der Waals surface area contributed by atoms with E-state index in [4.69, 9.17) is 0 Å². The average molecular weight is 603 g/mol. The van der Waals surface area contributed by atoms with Gasteiger partial charge in [-0.3, -0.25) is 0 Å². The number of nitrogens with zero attached hydrogens (tertiary/aromatic N) is 4. The zero-order valence-electron chi connectivity index (χ0n) is 21.6. The van der Waals surface area contributed by atoms with E-state index in [9.17, 15) is 25.3 Å². The fraction of sp³-hybridized carbons (Fsp3) is 0.120. The van der Waals surface area contributed by atoms with Crippen LogP contribution < -0.4 is 10.9 Å². The molecule has 0 amide bonds. The van der Waals surface area contributed by atoms with Crippen molar-refractivity contribution in [3.05, 3.63) is 89.5 Å². The van der Waals surface area contributed by atoms with Crippen LogP contribution in [0.15, 0.2) is 108 Å². The van der Waals surface area contributed by atoms with E-state index in [-0.39, 0.29) is 20.6 Å². The van der Waals surface area contributed by atoms with Crippen LogP contribution in [-0.4, -0.2) is 68.6 Å². The molecule has 40 heavy (non-hydrogen) atoms. The summed E-state index contributed by atoms with van der Waals surface area (Å²) in [6.07, 6.45) is 7.62. The van der Waals surface area contributed by atoms with Crippen LogP contribution in [0.5, 0.6) is 0 Å². The van der Waals surface area contributed by atoms with Crippen LogP contribution in [-0.2, 0) is 29.5 Å². The van der Waals surface area contributed by atoms with Crippen molar-refractivity contribution in [3.8, 4) is 0 Å². The molecule has 15 heteroatoms. The van der Waals surface area contributed by atoms with E-state index in [2.05, 4.69) is 31.3 Å². The van der Waals surface area contributed by atoms with Crippen LogP contribution in [0.25, 0.3) is 0 Å². The van der Waals surface area contributed by atoms with Gasteiger partial charge in [0.15, 0.2) is 29.5 Å². The van der Waals surface area contributed by atoms with Crippen LogP contribution >= 0.6 is 0 Å². The summed E-state index contributed by atoms with van der Waals surface area (Å²) in [6, 6.07) is 18.2. The summed E-state index contributed by atoms with van der Waals surface area (Å²) in [5.41, 5.74) is 7.12. The number of hydrogen-bond acceptors (Lipinski definition) is 10. The minimum absolute atomic E-state index is 0.0111. The topological polar surface area (TPSA) is 176 Å². The minimum atomic E-state index is -3.32. The lowest BCUT2D eigenvalue weighted by Gasteiger charge is -2.03. The molecule has 0 unspecified atom stereocenters. The maximum atomic E-state index is 11.6. The predicted molar refractivity (Wildman–Crippen MR) is 155 cm³/mol. The summed E-state index contributed by atoms with van der Waals surface area (Å²) in [4.78, 5) is 0.536. The van der Waals surface area contributed by atoms with E-state index in [1.807, 2.05) is 0 Å². The van der Waals surface area contributed by atoms with Gasteiger partial charge >= 0.3 is 0 Å². The number of rotatable bonds is 9. The van der Waals surface area contributed by atoms with Gasteiger partial charge in [-0.2, -0.15) is 15.3 Å². The van der Waals surface area contributed by atoms with E-state index in [1.165, 1.54) is 55.0 Å². The Kier molecular flexibility index (Phi) is 9.68. The Bertz CT molecular complexity index is 1690. The van der Waals surface area contributed by atoms with Gasteiger partial charge in [-0.05, 0) is 53.1 Å². The lowest BCUT2D eigenvalue weighted by Crippen LogP contribution is -2.30. The van der Waals surface area contributed by atoms with Gasteiger partial charge in [0.1, 0.15) is 0 Å². The molecule has 0 aliphatic carbocycles. The monoisotopic (exact) mass is 602 g/mol. The maximum Gasteiger partial charge on any atom is 0.257 e. The van der Waals surface area contributed by atoms with Crippen molar-refractivity contribution in [2.45, 2.75) is 14.7 Å². The summed E-state index contributed by atoms with van der Waals surface area (Å²) >= 11 is 0. The van der Waals surface area contributed by atoms with Crippen molar-refractivity contribution in [1.82, 2.24) is 10.9 Å². The number of guanidine groups is 1. The van der Waals surface area contributed by atoms with Crippen LogP contribution in [0.2, 0.25) is 0 Å². The highest BCUT2D eigenvalue weighted by Crippen LogP contribution is 2.11. The second-order valence-corrected chi connectivity index (χ2v) is 14.5. The third-order valence-corrected chi connectivity index (χ3v) is 8.44. The van der Waals surface area contributed by atoms with Crippen molar-refractivity contribution >= 4 is 54.1 Å². The Morgan fingerprint density at radius 2 is 0.825 bits per heavy atom. The molecule has 0 aromatic heterocycles. The normalized spacial score (nSPS) is 12.7. The molecule has 0 heterocycles. The molecule has 0 radical (unpaired) electrons. The number of nitrogens with one attached hydrogen (secondary N) is 2. The molecule has 0 bridgehead atoms. The maximum absolute atomic E-state index is 11.6. The molecule has 0 fully saturated rings. The summed E-state index contributed by atoms with van der Waals surface area (Å²) in [5, 5.41) is 16.1. The molecule has 2 N–H and O–H groups in total. The van der Waals surface area contributed by atoms with Crippen molar-refractivity contribution in [1.29, 1.82) is 0 Å². The number of benzene rings is 3. The van der Waals surface area contributed by atoms with E-state index >= 15 is 0 Å². The fourth-order valence-electron chi connectivity index (χ4n) is 2.96. The van der Waals surface area contributed by atoms with Gasteiger partial charge in [-0.1, -0.05) is 36.4 Å². The summed E-state index contributed by atoms with van der Waals surface area (Å²) < 4.78 is 69.7. The van der Waals surface area contributed by atoms with Crippen LogP contribution in [0, 0.1) is 0 Å². The first-order valence-corrected chi connectivity index (χ1v) is 17.0. The van der Waals surface area contributed by atoms with Crippen molar-refractivity contribution in [2.24, 2.45) is 20.4 Å². The van der Waals surface area contributed by atoms with E-state index in [0.29, 0.717) is 16.7 Å². The smallest absolute Gasteiger partial charge is 0.244 e. The third kappa shape index (κ3) is 9.52. The first kappa shape index (κ1) is 30.3. The SMILES string of the molecule is CS(=O)(=O)c1ccc(C=NN=C(NN=Cc2ccc(S(C)(=O)=O)cc2)NN=Cc2ccc(S(C)(=O)=O)cc2)cc1. The largest absolute Gasteiger partial charge is 0.257 e. The third-order valence-electron chi connectivity index (χ3n) is 5.06. The highest BCUT2D eigenvalue weighted by atomic mass is 32.2. The lowest BCUT2D eigenvalue weighted by atomic mass is 10.2. The second kappa shape index (κ2) is 12.8. The fourth-order valence-corrected chi connectivity index (χ4v) is 4.85. The molecule has 0 spiro atoms. The van der Waals surface area contributed by atoms with Gasteiger partial charge in [0.2, 0.25) is 0 Å². The Morgan fingerprint density at radius 3 is 1.12 bits per heavy atom. The van der Waals surface area contributed by atoms with Gasteiger partial charge < -0.3 is 0 Å². The zero-order chi connectivity index (χ0) is 29.4. The average Bonchev–Trinajstić information content (AvgIpc) is 2.88. The molecule has 0 aliphatic heterocycles. The van der Waals surface area contributed by atoms with Crippen LogP contribution in [0.3, 0.4) is 0 Å².